The summed E-state index contributed by atoms with van der Waals surface area (Å²) in [5.41, 5.74) is 1.38. The predicted octanol–water partition coefficient (Wildman–Crippen LogP) is 2.90. The summed E-state index contributed by atoms with van der Waals surface area (Å²) in [6, 6.07) is 2.71. The van der Waals surface area contributed by atoms with Gasteiger partial charge in [-0.2, -0.15) is 5.10 Å². The highest BCUT2D eigenvalue weighted by atomic mass is 15.3. The molecule has 2 aliphatic rings. The molecular formula is C15H25N3. The molecule has 4 atom stereocenters. The molecule has 0 aromatic carbocycles. The molecule has 0 saturated heterocycles. The minimum Gasteiger partial charge on any atom is -0.308 e. The van der Waals surface area contributed by atoms with Crippen molar-refractivity contribution in [2.45, 2.75) is 45.1 Å². The lowest BCUT2D eigenvalue weighted by atomic mass is 9.82. The number of aromatic nitrogens is 2. The molecule has 0 aliphatic heterocycles. The van der Waals surface area contributed by atoms with Crippen LogP contribution in [0.5, 0.6) is 0 Å². The minimum absolute atomic E-state index is 0.521. The fourth-order valence-corrected chi connectivity index (χ4v) is 4.17. The third-order valence-electron chi connectivity index (χ3n) is 5.01. The summed E-state index contributed by atoms with van der Waals surface area (Å²) in [4.78, 5) is 0. The van der Waals surface area contributed by atoms with E-state index in [9.17, 15) is 0 Å². The number of nitrogens with one attached hydrogen (secondary N) is 1. The van der Waals surface area contributed by atoms with Crippen LogP contribution in [0.3, 0.4) is 0 Å². The van der Waals surface area contributed by atoms with Crippen molar-refractivity contribution in [2.24, 2.45) is 24.8 Å². The largest absolute Gasteiger partial charge is 0.308 e. The van der Waals surface area contributed by atoms with Crippen LogP contribution < -0.4 is 5.32 Å². The van der Waals surface area contributed by atoms with Crippen molar-refractivity contribution >= 4 is 0 Å². The van der Waals surface area contributed by atoms with Crippen LogP contribution in [0.15, 0.2) is 12.3 Å². The Kier molecular flexibility index (Phi) is 3.42. The zero-order valence-corrected chi connectivity index (χ0v) is 11.6. The van der Waals surface area contributed by atoms with E-state index in [4.69, 9.17) is 0 Å². The van der Waals surface area contributed by atoms with Gasteiger partial charge in [-0.25, -0.2) is 0 Å². The van der Waals surface area contributed by atoms with E-state index in [0.717, 1.165) is 24.3 Å². The van der Waals surface area contributed by atoms with Crippen molar-refractivity contribution in [3.05, 3.63) is 18.0 Å². The number of hydrogen-bond donors (Lipinski definition) is 1. The van der Waals surface area contributed by atoms with Gasteiger partial charge in [0.2, 0.25) is 0 Å². The van der Waals surface area contributed by atoms with Gasteiger partial charge < -0.3 is 5.32 Å². The number of aryl methyl sites for hydroxylation is 1. The van der Waals surface area contributed by atoms with Gasteiger partial charge in [0.05, 0.1) is 11.7 Å². The molecule has 1 aromatic rings. The average Bonchev–Trinajstić information content (AvgIpc) is 3.07. The molecule has 0 amide bonds. The fraction of sp³-hybridized carbons (Fsp3) is 0.800. The minimum atomic E-state index is 0.521. The van der Waals surface area contributed by atoms with Gasteiger partial charge in [0.15, 0.2) is 0 Å². The molecule has 4 unspecified atom stereocenters. The molecule has 3 rings (SSSR count). The van der Waals surface area contributed by atoms with Crippen molar-refractivity contribution in [1.82, 2.24) is 15.1 Å². The standard InChI is InChI=1S/C15H25N3/c1-3-7-16-15(14-6-8-17-18(14)2)13-10-11-4-5-12(13)9-11/h6,8,11-13,15-16H,3-5,7,9-10H2,1-2H3. The maximum absolute atomic E-state index is 4.36. The highest BCUT2D eigenvalue weighted by Gasteiger charge is 2.43. The SMILES string of the molecule is CCCNC(c1ccnn1C)C1CC2CCC1C2. The Morgan fingerprint density at radius 2 is 2.33 bits per heavy atom. The van der Waals surface area contributed by atoms with Crippen molar-refractivity contribution < 1.29 is 0 Å². The van der Waals surface area contributed by atoms with E-state index < -0.39 is 0 Å². The van der Waals surface area contributed by atoms with Crippen LogP contribution in [0.25, 0.3) is 0 Å². The lowest BCUT2D eigenvalue weighted by Crippen LogP contribution is -2.33. The van der Waals surface area contributed by atoms with Crippen LogP contribution >= 0.6 is 0 Å². The Hall–Kier alpha value is -0.830. The molecule has 2 bridgehead atoms. The molecule has 2 aliphatic carbocycles. The Bertz CT molecular complexity index is 398. The molecule has 0 spiro atoms. The van der Waals surface area contributed by atoms with Gasteiger partial charge >= 0.3 is 0 Å². The molecule has 3 heteroatoms. The molecule has 0 radical (unpaired) electrons. The third-order valence-corrected chi connectivity index (χ3v) is 5.01. The molecule has 3 nitrogen and oxygen atoms in total. The van der Waals surface area contributed by atoms with Gasteiger partial charge in [0, 0.05) is 13.2 Å². The molecular weight excluding hydrogens is 222 g/mol. The normalized spacial score (nSPS) is 32.0. The summed E-state index contributed by atoms with van der Waals surface area (Å²) < 4.78 is 2.05. The van der Waals surface area contributed by atoms with Crippen molar-refractivity contribution in [2.75, 3.05) is 6.54 Å². The molecule has 1 aromatic heterocycles. The Morgan fingerprint density at radius 3 is 2.89 bits per heavy atom. The maximum Gasteiger partial charge on any atom is 0.0553 e. The van der Waals surface area contributed by atoms with Crippen LogP contribution in [0.2, 0.25) is 0 Å². The highest BCUT2D eigenvalue weighted by Crippen LogP contribution is 2.52. The predicted molar refractivity (Wildman–Crippen MR) is 73.2 cm³/mol. The Labute approximate surface area is 110 Å². The van der Waals surface area contributed by atoms with Crippen molar-refractivity contribution in [3.8, 4) is 0 Å². The van der Waals surface area contributed by atoms with Crippen LogP contribution in [0.4, 0.5) is 0 Å². The molecule has 18 heavy (non-hydrogen) atoms. The first kappa shape index (κ1) is 12.2. The van der Waals surface area contributed by atoms with Crippen LogP contribution in [0, 0.1) is 17.8 Å². The lowest BCUT2D eigenvalue weighted by molar-refractivity contribution is 0.243. The molecule has 1 heterocycles. The smallest absolute Gasteiger partial charge is 0.0553 e. The second-order valence-electron chi connectivity index (χ2n) is 6.15. The third kappa shape index (κ3) is 2.09. The number of hydrogen-bond acceptors (Lipinski definition) is 2. The van der Waals surface area contributed by atoms with Crippen LogP contribution in [-0.4, -0.2) is 16.3 Å². The van der Waals surface area contributed by atoms with Gasteiger partial charge in [0.1, 0.15) is 0 Å². The van der Waals surface area contributed by atoms with Crippen molar-refractivity contribution in [3.63, 3.8) is 0 Å². The summed E-state index contributed by atoms with van der Waals surface area (Å²) in [6.07, 6.45) is 8.98. The summed E-state index contributed by atoms with van der Waals surface area (Å²) in [5, 5.41) is 8.13. The van der Waals surface area contributed by atoms with E-state index in [1.165, 1.54) is 37.8 Å². The van der Waals surface area contributed by atoms with Crippen LogP contribution in [0.1, 0.15) is 50.8 Å². The second-order valence-corrected chi connectivity index (χ2v) is 6.15. The van der Waals surface area contributed by atoms with Gasteiger partial charge in [-0.15, -0.1) is 0 Å². The summed E-state index contributed by atoms with van der Waals surface area (Å²) in [6.45, 7) is 3.36. The van der Waals surface area contributed by atoms with Gasteiger partial charge in [0.25, 0.3) is 0 Å². The lowest BCUT2D eigenvalue weighted by Gasteiger charge is -2.31. The second kappa shape index (κ2) is 5.04. The zero-order chi connectivity index (χ0) is 12.5. The van der Waals surface area contributed by atoms with E-state index in [0.29, 0.717) is 6.04 Å². The van der Waals surface area contributed by atoms with Gasteiger partial charge in [-0.3, -0.25) is 4.68 Å². The topological polar surface area (TPSA) is 29.9 Å². The average molecular weight is 247 g/mol. The Morgan fingerprint density at radius 1 is 1.44 bits per heavy atom. The maximum atomic E-state index is 4.36. The van der Waals surface area contributed by atoms with E-state index >= 15 is 0 Å². The quantitative estimate of drug-likeness (QED) is 0.867. The van der Waals surface area contributed by atoms with Gasteiger partial charge in [-0.05, 0) is 56.0 Å². The summed E-state index contributed by atoms with van der Waals surface area (Å²) >= 11 is 0. The molecule has 1 N–H and O–H groups in total. The first-order valence-corrected chi connectivity index (χ1v) is 7.51. The zero-order valence-electron chi connectivity index (χ0n) is 11.6. The number of nitrogens with zero attached hydrogens (tertiary/aromatic N) is 2. The monoisotopic (exact) mass is 247 g/mol. The number of rotatable bonds is 5. The first-order chi connectivity index (χ1) is 8.79. The highest BCUT2D eigenvalue weighted by molar-refractivity contribution is 5.11. The van der Waals surface area contributed by atoms with E-state index in [-0.39, 0.29) is 0 Å². The van der Waals surface area contributed by atoms with Gasteiger partial charge in [-0.1, -0.05) is 13.3 Å². The van der Waals surface area contributed by atoms with E-state index in [2.05, 4.69) is 35.1 Å². The van der Waals surface area contributed by atoms with Crippen molar-refractivity contribution in [1.29, 1.82) is 0 Å². The Balaban J connectivity index is 1.79. The molecule has 2 saturated carbocycles. The first-order valence-electron chi connectivity index (χ1n) is 7.51. The molecule has 100 valence electrons. The fourth-order valence-electron chi connectivity index (χ4n) is 4.17. The van der Waals surface area contributed by atoms with E-state index in [1.807, 2.05) is 6.20 Å². The number of fused-ring (bicyclic) bond motifs is 2. The van der Waals surface area contributed by atoms with E-state index in [1.54, 1.807) is 0 Å². The summed E-state index contributed by atoms with van der Waals surface area (Å²) in [5.74, 6) is 2.81. The summed E-state index contributed by atoms with van der Waals surface area (Å²) in [7, 11) is 2.07. The van der Waals surface area contributed by atoms with Crippen LogP contribution in [-0.2, 0) is 7.05 Å². The molecule has 2 fully saturated rings.